The van der Waals surface area contributed by atoms with Gasteiger partial charge in [0, 0.05) is 28.4 Å². The molecular weight excluding hydrogens is 396 g/mol. The van der Waals surface area contributed by atoms with Crippen LogP contribution in [0.15, 0.2) is 48.5 Å². The fourth-order valence-corrected chi connectivity index (χ4v) is 4.50. The normalized spacial score (nSPS) is 16.4. The number of carbonyl (C=O) groups is 1. The predicted octanol–water partition coefficient (Wildman–Crippen LogP) is 5.79. The van der Waals surface area contributed by atoms with Crippen molar-refractivity contribution >= 4 is 17.7 Å². The van der Waals surface area contributed by atoms with E-state index in [4.69, 9.17) is 16.3 Å². The van der Waals surface area contributed by atoms with Crippen LogP contribution in [0.5, 0.6) is 0 Å². The van der Waals surface area contributed by atoms with Crippen molar-refractivity contribution in [2.45, 2.75) is 63.5 Å². The third-order valence-electron chi connectivity index (χ3n) is 5.92. The van der Waals surface area contributed by atoms with Crippen LogP contribution in [0.3, 0.4) is 0 Å². The molecule has 1 amide bonds. The van der Waals surface area contributed by atoms with Crippen LogP contribution in [0.1, 0.15) is 62.6 Å². The maximum absolute atomic E-state index is 12.4. The Morgan fingerprint density at radius 2 is 1.87 bits per heavy atom. The van der Waals surface area contributed by atoms with Gasteiger partial charge in [0.1, 0.15) is 6.61 Å². The standard InChI is InChI=1S/C25H33ClN2O2/c1-24(2,3)28-23(29)30-17-22(19-8-5-7-18(15-19)16-27-4)25(13-6-14-25)20-9-11-21(26)12-10-20/h5,7-12,15,22,27H,6,13-14,16-17H2,1-4H3,(H,28,29). The molecule has 0 bridgehead atoms. The number of carbonyl (C=O) groups excluding carboxylic acids is 1. The van der Waals surface area contributed by atoms with Gasteiger partial charge in [-0.05, 0) is 69.5 Å². The smallest absolute Gasteiger partial charge is 0.407 e. The van der Waals surface area contributed by atoms with Crippen molar-refractivity contribution in [2.75, 3.05) is 13.7 Å². The Bertz CT molecular complexity index is 854. The number of hydrogen-bond donors (Lipinski definition) is 2. The van der Waals surface area contributed by atoms with Crippen LogP contribution in [0, 0.1) is 0 Å². The molecule has 1 saturated carbocycles. The van der Waals surface area contributed by atoms with Crippen LogP contribution >= 0.6 is 11.6 Å². The highest BCUT2D eigenvalue weighted by Gasteiger charge is 2.46. The fraction of sp³-hybridized carbons (Fsp3) is 0.480. The number of benzene rings is 2. The molecule has 1 aliphatic rings. The lowest BCUT2D eigenvalue weighted by molar-refractivity contribution is 0.0931. The molecule has 5 heteroatoms. The number of halogens is 1. The van der Waals surface area contributed by atoms with Crippen molar-refractivity contribution < 1.29 is 9.53 Å². The summed E-state index contributed by atoms with van der Waals surface area (Å²) in [5, 5.41) is 6.86. The van der Waals surface area contributed by atoms with E-state index in [0.717, 1.165) is 24.4 Å². The summed E-state index contributed by atoms with van der Waals surface area (Å²) in [5.74, 6) is 0.0787. The molecule has 0 saturated heterocycles. The van der Waals surface area contributed by atoms with Gasteiger partial charge in [-0.25, -0.2) is 4.79 Å². The summed E-state index contributed by atoms with van der Waals surface area (Å²) in [7, 11) is 1.95. The first-order chi connectivity index (χ1) is 14.2. The van der Waals surface area contributed by atoms with Crippen LogP contribution in [0.2, 0.25) is 5.02 Å². The number of hydrogen-bond acceptors (Lipinski definition) is 3. The number of rotatable bonds is 7. The summed E-state index contributed by atoms with van der Waals surface area (Å²) in [5.41, 5.74) is 3.32. The Labute approximate surface area is 185 Å². The molecule has 1 aliphatic carbocycles. The van der Waals surface area contributed by atoms with Crippen molar-refractivity contribution in [3.63, 3.8) is 0 Å². The van der Waals surface area contributed by atoms with Gasteiger partial charge in [-0.2, -0.15) is 0 Å². The van der Waals surface area contributed by atoms with Crippen molar-refractivity contribution in [2.24, 2.45) is 0 Å². The van der Waals surface area contributed by atoms with E-state index in [1.807, 2.05) is 40.0 Å². The van der Waals surface area contributed by atoms with E-state index in [1.54, 1.807) is 0 Å². The van der Waals surface area contributed by atoms with Crippen molar-refractivity contribution in [3.05, 3.63) is 70.2 Å². The minimum absolute atomic E-state index is 0.0507. The Morgan fingerprint density at radius 3 is 2.43 bits per heavy atom. The Kier molecular flexibility index (Phi) is 7.10. The fourth-order valence-electron chi connectivity index (χ4n) is 4.38. The third kappa shape index (κ3) is 5.35. The number of amides is 1. The molecule has 162 valence electrons. The second-order valence-electron chi connectivity index (χ2n) is 9.32. The van der Waals surface area contributed by atoms with Gasteiger partial charge in [-0.1, -0.05) is 54.4 Å². The minimum Gasteiger partial charge on any atom is -0.449 e. The Hall–Kier alpha value is -2.04. The maximum atomic E-state index is 12.4. The van der Waals surface area contributed by atoms with E-state index >= 15 is 0 Å². The van der Waals surface area contributed by atoms with Crippen LogP contribution in [0.4, 0.5) is 4.79 Å². The van der Waals surface area contributed by atoms with Crippen molar-refractivity contribution in [3.8, 4) is 0 Å². The maximum Gasteiger partial charge on any atom is 0.407 e. The summed E-state index contributed by atoms with van der Waals surface area (Å²) >= 11 is 6.15. The molecular formula is C25H33ClN2O2. The SMILES string of the molecule is CNCc1cccc(C(COC(=O)NC(C)(C)C)C2(c3ccc(Cl)cc3)CCC2)c1. The van der Waals surface area contributed by atoms with Gasteiger partial charge < -0.3 is 15.4 Å². The first kappa shape index (κ1) is 22.6. The molecule has 0 aliphatic heterocycles. The monoisotopic (exact) mass is 428 g/mol. The van der Waals surface area contributed by atoms with Gasteiger partial charge in [0.05, 0.1) is 0 Å². The van der Waals surface area contributed by atoms with E-state index < -0.39 is 0 Å². The number of ether oxygens (including phenoxy) is 1. The predicted molar refractivity (Wildman–Crippen MR) is 123 cm³/mol. The van der Waals surface area contributed by atoms with E-state index in [1.165, 1.54) is 23.1 Å². The van der Waals surface area contributed by atoms with Gasteiger partial charge in [0.15, 0.2) is 0 Å². The second-order valence-corrected chi connectivity index (χ2v) is 9.75. The quantitative estimate of drug-likeness (QED) is 0.586. The molecule has 0 radical (unpaired) electrons. The molecule has 1 unspecified atom stereocenters. The number of alkyl carbamates (subject to hydrolysis) is 1. The average Bonchev–Trinajstić information content (AvgIpc) is 2.64. The molecule has 0 spiro atoms. The molecule has 1 atom stereocenters. The first-order valence-electron chi connectivity index (χ1n) is 10.7. The second kappa shape index (κ2) is 9.40. The molecule has 2 N–H and O–H groups in total. The van der Waals surface area contributed by atoms with Crippen LogP contribution < -0.4 is 10.6 Å². The highest BCUT2D eigenvalue weighted by molar-refractivity contribution is 6.30. The van der Waals surface area contributed by atoms with Gasteiger partial charge in [0.25, 0.3) is 0 Å². The van der Waals surface area contributed by atoms with Crippen LogP contribution in [0.25, 0.3) is 0 Å². The highest BCUT2D eigenvalue weighted by atomic mass is 35.5. The zero-order valence-corrected chi connectivity index (χ0v) is 19.2. The summed E-state index contributed by atoms with van der Waals surface area (Å²) in [6, 6.07) is 16.8. The molecule has 3 rings (SSSR count). The van der Waals surface area contributed by atoms with E-state index in [-0.39, 0.29) is 23.0 Å². The lowest BCUT2D eigenvalue weighted by atomic mass is 9.56. The molecule has 2 aromatic rings. The molecule has 0 heterocycles. The Morgan fingerprint density at radius 1 is 1.17 bits per heavy atom. The minimum atomic E-state index is -0.371. The zero-order chi connectivity index (χ0) is 21.8. The van der Waals surface area contributed by atoms with E-state index in [0.29, 0.717) is 6.61 Å². The summed E-state index contributed by atoms with van der Waals surface area (Å²) in [6.07, 6.45) is 2.94. The van der Waals surface area contributed by atoms with E-state index in [9.17, 15) is 4.79 Å². The lowest BCUT2D eigenvalue weighted by Crippen LogP contribution is -2.45. The van der Waals surface area contributed by atoms with Gasteiger partial charge in [-0.15, -0.1) is 0 Å². The molecule has 4 nitrogen and oxygen atoms in total. The molecule has 30 heavy (non-hydrogen) atoms. The largest absolute Gasteiger partial charge is 0.449 e. The topological polar surface area (TPSA) is 50.4 Å². The number of nitrogens with one attached hydrogen (secondary N) is 2. The van der Waals surface area contributed by atoms with Crippen LogP contribution in [-0.4, -0.2) is 25.3 Å². The van der Waals surface area contributed by atoms with Crippen molar-refractivity contribution in [1.82, 2.24) is 10.6 Å². The average molecular weight is 429 g/mol. The van der Waals surface area contributed by atoms with Gasteiger partial charge in [0.2, 0.25) is 0 Å². The van der Waals surface area contributed by atoms with Crippen molar-refractivity contribution in [1.29, 1.82) is 0 Å². The van der Waals surface area contributed by atoms with Gasteiger partial charge in [-0.3, -0.25) is 0 Å². The molecule has 1 fully saturated rings. The highest BCUT2D eigenvalue weighted by Crippen LogP contribution is 2.53. The zero-order valence-electron chi connectivity index (χ0n) is 18.4. The van der Waals surface area contributed by atoms with Gasteiger partial charge >= 0.3 is 6.09 Å². The van der Waals surface area contributed by atoms with E-state index in [2.05, 4.69) is 47.0 Å². The molecule has 0 aromatic heterocycles. The summed E-state index contributed by atoms with van der Waals surface area (Å²) in [4.78, 5) is 12.4. The molecule has 2 aromatic carbocycles. The summed E-state index contributed by atoms with van der Waals surface area (Å²) < 4.78 is 5.77. The lowest BCUT2D eigenvalue weighted by Gasteiger charge is -2.48. The first-order valence-corrected chi connectivity index (χ1v) is 11.1. The Balaban J connectivity index is 1.93. The van der Waals surface area contributed by atoms with Crippen LogP contribution in [-0.2, 0) is 16.7 Å². The third-order valence-corrected chi connectivity index (χ3v) is 6.18. The summed E-state index contributed by atoms with van der Waals surface area (Å²) in [6.45, 7) is 7.00.